The van der Waals surface area contributed by atoms with Crippen molar-refractivity contribution in [3.63, 3.8) is 0 Å². The molecule has 7 rings (SSSR count). The number of hydrogen-bond acceptors (Lipinski definition) is 5. The van der Waals surface area contributed by atoms with Gasteiger partial charge in [0.05, 0.1) is 17.1 Å². The molecule has 6 nitrogen and oxygen atoms in total. The van der Waals surface area contributed by atoms with E-state index in [0.29, 0.717) is 31.4 Å². The van der Waals surface area contributed by atoms with Crippen LogP contribution in [-0.4, -0.2) is 69.8 Å². The van der Waals surface area contributed by atoms with Gasteiger partial charge >= 0.3 is 0 Å². The number of piperidine rings is 1. The van der Waals surface area contributed by atoms with E-state index in [1.54, 1.807) is 6.07 Å². The molecule has 214 valence electrons. The molecule has 2 unspecified atom stereocenters. The first kappa shape index (κ1) is 26.5. The number of rotatable bonds is 7. The van der Waals surface area contributed by atoms with Gasteiger partial charge in [-0.25, -0.2) is 0 Å². The number of likely N-dealkylation sites (N-methyl/N-ethyl adjacent to an activating group) is 1. The maximum absolute atomic E-state index is 13.6. The molecule has 41 heavy (non-hydrogen) atoms. The van der Waals surface area contributed by atoms with E-state index in [1.807, 2.05) is 30.1 Å². The zero-order valence-electron chi connectivity index (χ0n) is 24.1. The number of aliphatic hydroxyl groups is 1. The number of phenolic OH excluding ortho intramolecular Hbond substituents is 1. The number of benzene rings is 3. The Morgan fingerprint density at radius 3 is 2.66 bits per heavy atom. The normalized spacial score (nSPS) is 29.5. The summed E-state index contributed by atoms with van der Waals surface area (Å²) in [6, 6.07) is 22.4. The summed E-state index contributed by atoms with van der Waals surface area (Å²) >= 11 is 0. The first-order chi connectivity index (χ1) is 19.8. The molecule has 3 aromatic rings. The van der Waals surface area contributed by atoms with Crippen molar-refractivity contribution in [3.05, 3.63) is 94.5 Å². The van der Waals surface area contributed by atoms with Crippen LogP contribution in [0.15, 0.2) is 66.7 Å². The van der Waals surface area contributed by atoms with Crippen LogP contribution in [0.5, 0.6) is 11.5 Å². The van der Waals surface area contributed by atoms with Gasteiger partial charge < -0.3 is 19.8 Å². The lowest BCUT2D eigenvalue weighted by Crippen LogP contribution is -2.78. The predicted molar refractivity (Wildman–Crippen MR) is 158 cm³/mol. The highest BCUT2D eigenvalue weighted by Gasteiger charge is 2.73. The maximum atomic E-state index is 13.6. The summed E-state index contributed by atoms with van der Waals surface area (Å²) in [6.07, 6.45) is 4.43. The first-order valence-electron chi connectivity index (χ1n) is 15.2. The van der Waals surface area contributed by atoms with Crippen molar-refractivity contribution >= 4 is 5.91 Å². The van der Waals surface area contributed by atoms with Gasteiger partial charge in [-0.3, -0.25) is 9.69 Å². The van der Waals surface area contributed by atoms with Gasteiger partial charge in [0.2, 0.25) is 5.91 Å². The largest absolute Gasteiger partial charge is 0.504 e. The van der Waals surface area contributed by atoms with E-state index in [9.17, 15) is 15.0 Å². The number of carbonyl (C=O) groups is 1. The van der Waals surface area contributed by atoms with Crippen molar-refractivity contribution < 1.29 is 19.7 Å². The third kappa shape index (κ3) is 4.02. The smallest absolute Gasteiger partial charge is 0.223 e. The van der Waals surface area contributed by atoms with E-state index in [1.165, 1.54) is 16.7 Å². The summed E-state index contributed by atoms with van der Waals surface area (Å²) in [5.74, 6) is 0.747. The molecule has 2 aliphatic carbocycles. The van der Waals surface area contributed by atoms with Crippen LogP contribution < -0.4 is 4.74 Å². The average molecular weight is 553 g/mol. The van der Waals surface area contributed by atoms with Crippen LogP contribution in [0.3, 0.4) is 0 Å². The van der Waals surface area contributed by atoms with E-state index in [0.717, 1.165) is 43.5 Å². The predicted octanol–water partition coefficient (Wildman–Crippen LogP) is 4.56. The molecule has 2 fully saturated rings. The molecular weight excluding hydrogens is 512 g/mol. The monoisotopic (exact) mass is 552 g/mol. The van der Waals surface area contributed by atoms with Gasteiger partial charge in [-0.2, -0.15) is 0 Å². The Kier molecular flexibility index (Phi) is 6.40. The molecular formula is C35H40N2O4. The Balaban J connectivity index is 1.18. The second-order valence-electron chi connectivity index (χ2n) is 12.7. The maximum Gasteiger partial charge on any atom is 0.223 e. The van der Waals surface area contributed by atoms with Gasteiger partial charge in [-0.1, -0.05) is 66.2 Å². The minimum atomic E-state index is -0.986. The summed E-state index contributed by atoms with van der Waals surface area (Å²) in [4.78, 5) is 17.9. The van der Waals surface area contributed by atoms with Crippen LogP contribution >= 0.6 is 0 Å². The lowest BCUT2D eigenvalue weighted by atomic mass is 9.48. The van der Waals surface area contributed by atoms with Crippen LogP contribution in [-0.2, 0) is 29.5 Å². The lowest BCUT2D eigenvalue weighted by molar-refractivity contribution is -0.200. The van der Waals surface area contributed by atoms with E-state index in [2.05, 4.69) is 54.3 Å². The minimum absolute atomic E-state index is 0.0302. The van der Waals surface area contributed by atoms with E-state index >= 15 is 0 Å². The van der Waals surface area contributed by atoms with Gasteiger partial charge in [0.15, 0.2) is 11.5 Å². The van der Waals surface area contributed by atoms with Gasteiger partial charge in [0.25, 0.3) is 0 Å². The van der Waals surface area contributed by atoms with E-state index in [4.69, 9.17) is 4.74 Å². The lowest BCUT2D eigenvalue weighted by Gasteiger charge is -2.64. The van der Waals surface area contributed by atoms with Crippen LogP contribution in [0.2, 0.25) is 0 Å². The molecule has 2 N–H and O–H groups in total. The summed E-state index contributed by atoms with van der Waals surface area (Å²) in [7, 11) is 1.90. The topological polar surface area (TPSA) is 73.2 Å². The van der Waals surface area contributed by atoms with Crippen molar-refractivity contribution in [2.75, 3.05) is 20.1 Å². The standard InChI is InChI=1S/C35H40N2O4/c1-23-7-6-10-25(21-23)11-14-30(39)36(2)27-15-17-35(40)29-22-26-12-13-28(38)32-31(26)34(35,33(27)41-32)18-20-37(29)19-16-24-8-4-3-5-9-24/h3-10,12-13,21,27,29,33,38,40H,11,14-20,22H2,1-2H3/t27?,29-,33?,34+,35-/m1/s1. The number of hydrogen-bond donors (Lipinski definition) is 2. The van der Waals surface area contributed by atoms with Gasteiger partial charge in [0, 0.05) is 31.6 Å². The number of amides is 1. The average Bonchev–Trinajstić information content (AvgIpc) is 3.33. The first-order valence-corrected chi connectivity index (χ1v) is 15.2. The van der Waals surface area contributed by atoms with Gasteiger partial charge in [0.1, 0.15) is 6.10 Å². The minimum Gasteiger partial charge on any atom is -0.504 e. The number of aromatic hydroxyl groups is 1. The van der Waals surface area contributed by atoms with Gasteiger partial charge in [-0.05, 0) is 74.8 Å². The summed E-state index contributed by atoms with van der Waals surface area (Å²) < 4.78 is 6.68. The van der Waals surface area contributed by atoms with Gasteiger partial charge in [-0.15, -0.1) is 0 Å². The number of phenols is 1. The molecule has 6 heteroatoms. The highest BCUT2D eigenvalue weighted by atomic mass is 16.5. The molecule has 1 saturated heterocycles. The van der Waals surface area contributed by atoms with Crippen molar-refractivity contribution in [2.24, 2.45) is 0 Å². The number of ether oxygens (including phenoxy) is 1. The molecule has 1 amide bonds. The SMILES string of the molecule is Cc1cccc(CCC(=O)N(C)C2CC[C@@]3(O)[C@H]4Cc5ccc(O)c6c5[C@@]3(CCN4CCc3ccccc3)C2O6)c1. The number of likely N-dealkylation sites (tertiary alicyclic amines) is 1. The van der Waals surface area contributed by atoms with Crippen LogP contribution in [0, 0.1) is 6.92 Å². The van der Waals surface area contributed by atoms with Crippen molar-refractivity contribution in [1.82, 2.24) is 9.80 Å². The number of carbonyl (C=O) groups excluding carboxylic acids is 1. The molecule has 2 aliphatic heterocycles. The van der Waals surface area contributed by atoms with E-state index in [-0.39, 0.29) is 23.7 Å². The van der Waals surface area contributed by atoms with Crippen LogP contribution in [0.1, 0.15) is 53.5 Å². The molecule has 4 aliphatic rings. The third-order valence-electron chi connectivity index (χ3n) is 10.7. The molecule has 0 radical (unpaired) electrons. The fourth-order valence-electron chi connectivity index (χ4n) is 8.67. The Labute approximate surface area is 242 Å². The Hall–Kier alpha value is -3.35. The number of aryl methyl sites for hydroxylation is 2. The van der Waals surface area contributed by atoms with Crippen LogP contribution in [0.4, 0.5) is 0 Å². The fraction of sp³-hybridized carbons (Fsp3) is 0.457. The zero-order valence-corrected chi connectivity index (χ0v) is 24.1. The molecule has 2 bridgehead atoms. The second-order valence-corrected chi connectivity index (χ2v) is 12.7. The third-order valence-corrected chi connectivity index (χ3v) is 10.7. The quantitative estimate of drug-likeness (QED) is 0.450. The Morgan fingerprint density at radius 1 is 1.05 bits per heavy atom. The second kappa shape index (κ2) is 9.88. The highest BCUT2D eigenvalue weighted by molar-refractivity contribution is 5.77. The van der Waals surface area contributed by atoms with Crippen molar-refractivity contribution in [2.45, 2.75) is 81.1 Å². The van der Waals surface area contributed by atoms with Crippen molar-refractivity contribution in [3.8, 4) is 11.5 Å². The fourth-order valence-corrected chi connectivity index (χ4v) is 8.67. The van der Waals surface area contributed by atoms with Crippen molar-refractivity contribution in [1.29, 1.82) is 0 Å². The van der Waals surface area contributed by atoms with Crippen LogP contribution in [0.25, 0.3) is 0 Å². The Morgan fingerprint density at radius 2 is 1.85 bits per heavy atom. The summed E-state index contributed by atoms with van der Waals surface area (Å²) in [5, 5.41) is 23.7. The molecule has 2 heterocycles. The summed E-state index contributed by atoms with van der Waals surface area (Å²) in [5.41, 5.74) is 4.20. The summed E-state index contributed by atoms with van der Waals surface area (Å²) in [6.45, 7) is 3.81. The molecule has 1 saturated carbocycles. The van der Waals surface area contributed by atoms with E-state index < -0.39 is 17.1 Å². The molecule has 1 spiro atoms. The zero-order chi connectivity index (χ0) is 28.4. The Bertz CT molecular complexity index is 1470. The number of nitrogens with zero attached hydrogens (tertiary/aromatic N) is 2. The highest BCUT2D eigenvalue weighted by Crippen LogP contribution is 2.65. The molecule has 5 atom stereocenters. The molecule has 3 aromatic carbocycles. The molecule has 0 aromatic heterocycles.